The van der Waals surface area contributed by atoms with Crippen molar-refractivity contribution in [3.8, 4) is 28.7 Å². The molecule has 2 aromatic rings. The fraction of sp³-hybridized carbons (Fsp3) is 0.500. The Morgan fingerprint density at radius 3 is 2.33 bits per heavy atom. The Morgan fingerprint density at radius 2 is 1.70 bits per heavy atom. The van der Waals surface area contributed by atoms with Crippen LogP contribution in [0.2, 0.25) is 0 Å². The van der Waals surface area contributed by atoms with Crippen LogP contribution in [0.15, 0.2) is 36.7 Å². The maximum atomic E-state index is 13.4. The van der Waals surface area contributed by atoms with Crippen molar-refractivity contribution in [2.24, 2.45) is 11.8 Å². The van der Waals surface area contributed by atoms with E-state index in [0.29, 0.717) is 30.6 Å². The van der Waals surface area contributed by atoms with Crippen LogP contribution < -0.4 is 24.3 Å². The van der Waals surface area contributed by atoms with Crippen LogP contribution >= 0.6 is 0 Å². The van der Waals surface area contributed by atoms with E-state index in [1.165, 1.54) is 14.2 Å². The van der Waals surface area contributed by atoms with Gasteiger partial charge in [-0.05, 0) is 67.3 Å². The summed E-state index contributed by atoms with van der Waals surface area (Å²) < 4.78 is 33.8. The highest BCUT2D eigenvalue weighted by molar-refractivity contribution is 5.79. The van der Waals surface area contributed by atoms with Gasteiger partial charge in [0.1, 0.15) is 0 Å². The van der Waals surface area contributed by atoms with Gasteiger partial charge in [-0.1, -0.05) is 0 Å². The molecule has 0 amide bonds. The van der Waals surface area contributed by atoms with Crippen molar-refractivity contribution in [2.75, 3.05) is 47.3 Å². The molecule has 40 heavy (non-hydrogen) atoms. The van der Waals surface area contributed by atoms with E-state index < -0.39 is 5.92 Å². The summed E-state index contributed by atoms with van der Waals surface area (Å²) in [6.45, 7) is 8.78. The molecular formula is C30H36N2O8. The molecule has 3 aliphatic heterocycles. The first-order chi connectivity index (χ1) is 19.4. The van der Waals surface area contributed by atoms with E-state index in [1.54, 1.807) is 12.1 Å². The quantitative estimate of drug-likeness (QED) is 0.372. The first-order valence-electron chi connectivity index (χ1n) is 13.8. The predicted octanol–water partition coefficient (Wildman–Crippen LogP) is 3.68. The molecule has 0 saturated carbocycles. The number of carbonyl (C=O) groups excluding carboxylic acids is 1. The number of rotatable bonds is 8. The molecule has 2 saturated heterocycles. The van der Waals surface area contributed by atoms with Gasteiger partial charge in [-0.15, -0.1) is 0 Å². The lowest BCUT2D eigenvalue weighted by atomic mass is 9.65. The summed E-state index contributed by atoms with van der Waals surface area (Å²) in [7, 11) is 2.99. The molecule has 214 valence electrons. The molecule has 2 fully saturated rings. The molecule has 2 aromatic carbocycles. The van der Waals surface area contributed by atoms with Gasteiger partial charge in [0.05, 0.1) is 33.4 Å². The number of benzene rings is 2. The Balaban J connectivity index is 1.39. The topological polar surface area (TPSA) is 108 Å². The minimum Gasteiger partial charge on any atom is -0.502 e. The SMILES string of the molecule is C=C(OCC)N1CCC(NC2c3cc4c(cc3C(c3cc(OC)c(O)c(OC)c3)C3C(=O)OCC23)OCO4)CC1. The van der Waals surface area contributed by atoms with Gasteiger partial charge in [0, 0.05) is 37.0 Å². The highest BCUT2D eigenvalue weighted by Gasteiger charge is 2.53. The Bertz CT molecular complexity index is 1280. The lowest BCUT2D eigenvalue weighted by molar-refractivity contribution is -0.141. The van der Waals surface area contributed by atoms with Crippen LogP contribution in [-0.2, 0) is 14.3 Å². The Hall–Kier alpha value is -3.79. The average Bonchev–Trinajstić information content (AvgIpc) is 3.59. The van der Waals surface area contributed by atoms with Crippen molar-refractivity contribution < 1.29 is 38.3 Å². The normalized spacial score (nSPS) is 25.2. The van der Waals surface area contributed by atoms with Crippen molar-refractivity contribution in [1.82, 2.24) is 10.2 Å². The van der Waals surface area contributed by atoms with Crippen LogP contribution in [0.1, 0.15) is 48.4 Å². The monoisotopic (exact) mass is 552 g/mol. The van der Waals surface area contributed by atoms with E-state index >= 15 is 0 Å². The summed E-state index contributed by atoms with van der Waals surface area (Å²) in [5.74, 6) is 1.38. The lowest BCUT2D eigenvalue weighted by Crippen LogP contribution is -2.48. The minimum atomic E-state index is -0.442. The molecule has 3 heterocycles. The lowest BCUT2D eigenvalue weighted by Gasteiger charge is -2.42. The largest absolute Gasteiger partial charge is 0.502 e. The number of esters is 1. The molecule has 4 atom stereocenters. The van der Waals surface area contributed by atoms with Gasteiger partial charge >= 0.3 is 5.97 Å². The number of likely N-dealkylation sites (tertiary alicyclic amines) is 1. The number of methoxy groups -OCH3 is 2. The maximum absolute atomic E-state index is 13.4. The van der Waals surface area contributed by atoms with E-state index in [0.717, 1.165) is 42.6 Å². The van der Waals surface area contributed by atoms with E-state index in [9.17, 15) is 9.90 Å². The van der Waals surface area contributed by atoms with Crippen LogP contribution in [0.3, 0.4) is 0 Å². The number of fused-ring (bicyclic) bond motifs is 3. The molecule has 0 bridgehead atoms. The van der Waals surface area contributed by atoms with Gasteiger partial charge in [-0.25, -0.2) is 0 Å². The van der Waals surface area contributed by atoms with Crippen LogP contribution in [-0.4, -0.2) is 69.3 Å². The second kappa shape index (κ2) is 10.6. The third-order valence-electron chi connectivity index (χ3n) is 8.62. The summed E-state index contributed by atoms with van der Waals surface area (Å²) in [6, 6.07) is 7.70. The number of hydrogen-bond donors (Lipinski definition) is 2. The van der Waals surface area contributed by atoms with Crippen LogP contribution in [0.4, 0.5) is 0 Å². The highest BCUT2D eigenvalue weighted by Crippen LogP contribution is 2.55. The van der Waals surface area contributed by atoms with Gasteiger partial charge < -0.3 is 43.7 Å². The van der Waals surface area contributed by atoms with Crippen molar-refractivity contribution in [2.45, 2.75) is 37.8 Å². The minimum absolute atomic E-state index is 0.0843. The van der Waals surface area contributed by atoms with Gasteiger partial charge in [0.25, 0.3) is 0 Å². The van der Waals surface area contributed by atoms with Gasteiger partial charge in [-0.3, -0.25) is 4.79 Å². The maximum Gasteiger partial charge on any atom is 0.310 e. The van der Waals surface area contributed by atoms with E-state index in [-0.39, 0.29) is 53.9 Å². The van der Waals surface area contributed by atoms with E-state index in [4.69, 9.17) is 28.4 Å². The van der Waals surface area contributed by atoms with E-state index in [1.807, 2.05) is 19.1 Å². The summed E-state index contributed by atoms with van der Waals surface area (Å²) in [4.78, 5) is 15.6. The molecule has 0 aromatic heterocycles. The number of ether oxygens (including phenoxy) is 6. The standard InChI is InChI=1S/C30H36N2O8/c1-5-37-16(2)32-8-6-18(7-9-32)31-28-20-13-23-22(39-15-40-23)12-19(20)26(27-21(28)14-38-30(27)34)17-10-24(35-3)29(33)25(11-17)36-4/h10-13,18,21,26-28,31,33H,2,5-9,14-15H2,1,3-4H3. The molecule has 10 nitrogen and oxygen atoms in total. The second-order valence-electron chi connectivity index (χ2n) is 10.6. The molecular weight excluding hydrogens is 516 g/mol. The summed E-state index contributed by atoms with van der Waals surface area (Å²) in [5.41, 5.74) is 2.81. The molecule has 10 heteroatoms. The molecule has 0 radical (unpaired) electrons. The number of phenolic OH excluding ortho intramolecular Hbond substituents is 1. The molecule has 2 N–H and O–H groups in total. The predicted molar refractivity (Wildman–Crippen MR) is 145 cm³/mol. The molecule has 4 aliphatic rings. The number of nitrogens with one attached hydrogen (secondary N) is 1. The summed E-state index contributed by atoms with van der Waals surface area (Å²) in [5, 5.41) is 14.5. The second-order valence-corrected chi connectivity index (χ2v) is 10.6. The highest BCUT2D eigenvalue weighted by atomic mass is 16.7. The van der Waals surface area contributed by atoms with Gasteiger partial charge in [0.15, 0.2) is 28.9 Å². The van der Waals surface area contributed by atoms with Crippen molar-refractivity contribution >= 4 is 5.97 Å². The van der Waals surface area contributed by atoms with Gasteiger partial charge in [-0.2, -0.15) is 0 Å². The third kappa shape index (κ3) is 4.44. The van der Waals surface area contributed by atoms with Crippen LogP contribution in [0.5, 0.6) is 28.7 Å². The van der Waals surface area contributed by atoms with Crippen molar-refractivity contribution in [3.05, 3.63) is 53.4 Å². The third-order valence-corrected chi connectivity index (χ3v) is 8.62. The van der Waals surface area contributed by atoms with Crippen molar-refractivity contribution in [3.63, 3.8) is 0 Å². The molecule has 6 rings (SSSR count). The zero-order chi connectivity index (χ0) is 28.0. The summed E-state index contributed by atoms with van der Waals surface area (Å²) >= 11 is 0. The fourth-order valence-corrected chi connectivity index (χ4v) is 6.68. The summed E-state index contributed by atoms with van der Waals surface area (Å²) in [6.07, 6.45) is 1.84. The smallest absolute Gasteiger partial charge is 0.310 e. The zero-order valence-corrected chi connectivity index (χ0v) is 23.1. The first kappa shape index (κ1) is 26.4. The molecule has 4 unspecified atom stereocenters. The average molecular weight is 553 g/mol. The Kier molecular flexibility index (Phi) is 7.04. The number of cyclic esters (lactones) is 1. The van der Waals surface area contributed by atoms with Crippen molar-refractivity contribution in [1.29, 1.82) is 0 Å². The fourth-order valence-electron chi connectivity index (χ4n) is 6.68. The number of carbonyl (C=O) groups is 1. The first-order valence-corrected chi connectivity index (χ1v) is 13.8. The zero-order valence-electron chi connectivity index (χ0n) is 23.1. The molecule has 1 aliphatic carbocycles. The number of nitrogens with zero attached hydrogens (tertiary/aromatic N) is 1. The molecule has 0 spiro atoms. The number of piperidine rings is 1. The van der Waals surface area contributed by atoms with Crippen LogP contribution in [0.25, 0.3) is 0 Å². The van der Waals surface area contributed by atoms with Gasteiger partial charge in [0.2, 0.25) is 12.5 Å². The van der Waals surface area contributed by atoms with E-state index in [2.05, 4.69) is 16.8 Å². The number of phenols is 1. The Morgan fingerprint density at radius 1 is 1.05 bits per heavy atom. The Labute approximate surface area is 233 Å². The van der Waals surface area contributed by atoms with Crippen LogP contribution in [0, 0.1) is 11.8 Å². The number of aromatic hydroxyl groups is 1. The number of hydrogen-bond acceptors (Lipinski definition) is 10.